The second kappa shape index (κ2) is 12.5. The van der Waals surface area contributed by atoms with Crippen molar-refractivity contribution in [2.45, 2.75) is 9.79 Å². The molecule has 14 heteroatoms. The Balaban J connectivity index is 0.000000152. The zero-order valence-corrected chi connectivity index (χ0v) is 25.2. The third-order valence-electron chi connectivity index (χ3n) is 6.80. The molecule has 0 atom stereocenters. The maximum Gasteiger partial charge on any atom is 0.233 e. The van der Waals surface area contributed by atoms with Crippen molar-refractivity contribution < 1.29 is 35.5 Å². The number of aromatic nitrogens is 2. The van der Waals surface area contributed by atoms with Crippen molar-refractivity contribution in [1.82, 2.24) is 9.97 Å². The van der Waals surface area contributed by atoms with Gasteiger partial charge in [-0.15, -0.1) is 0 Å². The molecule has 1 heterocycles. The lowest BCUT2D eigenvalue weighted by molar-refractivity contribution is -0.110. The van der Waals surface area contributed by atoms with Crippen molar-refractivity contribution in [3.05, 3.63) is 114 Å². The SMILES string of the molecule is Nc1ccccc1N.O=C1C=Cc2c(cccc2S(=O)(=O)[O-])C1=O.O=S(=O)([O-])c1cccc2c1ccc1nc3ccccc3nc12. The van der Waals surface area contributed by atoms with Gasteiger partial charge in [-0.1, -0.05) is 54.6 Å². The van der Waals surface area contributed by atoms with Crippen LogP contribution in [0.25, 0.3) is 38.9 Å². The number of nitrogen functional groups attached to an aromatic ring is 2. The Morgan fingerprint density at radius 1 is 0.543 bits per heavy atom. The van der Waals surface area contributed by atoms with Gasteiger partial charge in [-0.2, -0.15) is 0 Å². The van der Waals surface area contributed by atoms with Crippen molar-refractivity contribution in [2.75, 3.05) is 11.5 Å². The highest BCUT2D eigenvalue weighted by Gasteiger charge is 2.24. The van der Waals surface area contributed by atoms with Gasteiger partial charge in [0.25, 0.3) is 0 Å². The van der Waals surface area contributed by atoms with Crippen molar-refractivity contribution in [2.24, 2.45) is 0 Å². The van der Waals surface area contributed by atoms with Crippen molar-refractivity contribution >= 4 is 82.1 Å². The maximum atomic E-state index is 11.4. The topological polar surface area (TPSA) is 226 Å². The molecule has 0 radical (unpaired) electrons. The van der Waals surface area contributed by atoms with Gasteiger partial charge in [-0.25, -0.2) is 26.8 Å². The van der Waals surface area contributed by atoms with Crippen LogP contribution in [0.1, 0.15) is 15.9 Å². The largest absolute Gasteiger partial charge is 0.744 e. The number of hydrogen-bond donors (Lipinski definition) is 2. The van der Waals surface area contributed by atoms with E-state index < -0.39 is 36.7 Å². The summed E-state index contributed by atoms with van der Waals surface area (Å²) in [4.78, 5) is 30.8. The fraction of sp³-hybridized carbons (Fsp3) is 0. The summed E-state index contributed by atoms with van der Waals surface area (Å²) in [7, 11) is -9.19. The van der Waals surface area contributed by atoms with E-state index in [-0.39, 0.29) is 16.0 Å². The van der Waals surface area contributed by atoms with Crippen molar-refractivity contribution in [3.8, 4) is 0 Å². The predicted octanol–water partition coefficient (Wildman–Crippen LogP) is 4.06. The number of hydrogen-bond acceptors (Lipinski definition) is 12. The van der Waals surface area contributed by atoms with Crippen LogP contribution >= 0.6 is 0 Å². The van der Waals surface area contributed by atoms with Gasteiger partial charge < -0.3 is 20.6 Å². The molecule has 232 valence electrons. The van der Waals surface area contributed by atoms with E-state index in [9.17, 15) is 35.5 Å². The first-order valence-electron chi connectivity index (χ1n) is 13.3. The normalized spacial score (nSPS) is 12.7. The van der Waals surface area contributed by atoms with Gasteiger partial charge in [0.15, 0.2) is 0 Å². The van der Waals surface area contributed by atoms with Crippen LogP contribution in [0.2, 0.25) is 0 Å². The molecule has 0 fully saturated rings. The van der Waals surface area contributed by atoms with Crippen LogP contribution in [-0.2, 0) is 25.0 Å². The lowest BCUT2D eigenvalue weighted by Crippen LogP contribution is -2.18. The van der Waals surface area contributed by atoms with Crippen LogP contribution in [0, 0.1) is 0 Å². The Morgan fingerprint density at radius 2 is 1.11 bits per heavy atom. The summed E-state index contributed by atoms with van der Waals surface area (Å²) in [6, 6.07) is 26.3. The highest BCUT2D eigenvalue weighted by atomic mass is 32.2. The summed E-state index contributed by atoms with van der Waals surface area (Å²) in [5.41, 5.74) is 14.7. The summed E-state index contributed by atoms with van der Waals surface area (Å²) in [5.74, 6) is -1.53. The number of benzene rings is 5. The number of nitrogens with two attached hydrogens (primary N) is 2. The Bertz CT molecular complexity index is 2420. The summed E-state index contributed by atoms with van der Waals surface area (Å²) in [6.07, 6.45) is 2.13. The number of allylic oxidation sites excluding steroid dienone is 1. The average molecular weight is 655 g/mol. The fourth-order valence-corrected chi connectivity index (χ4v) is 6.03. The lowest BCUT2D eigenvalue weighted by atomic mass is 9.95. The van der Waals surface area contributed by atoms with Gasteiger partial charge in [0.05, 0.1) is 43.2 Å². The smallest absolute Gasteiger partial charge is 0.233 e. The molecule has 6 aromatic rings. The summed E-state index contributed by atoms with van der Waals surface area (Å²) >= 11 is 0. The van der Waals surface area contributed by atoms with E-state index in [0.717, 1.165) is 23.2 Å². The molecule has 0 bridgehead atoms. The third-order valence-corrected chi connectivity index (χ3v) is 8.59. The van der Waals surface area contributed by atoms with Gasteiger partial charge in [0.1, 0.15) is 20.2 Å². The fourth-order valence-electron chi connectivity index (χ4n) is 4.64. The van der Waals surface area contributed by atoms with E-state index in [2.05, 4.69) is 9.97 Å². The van der Waals surface area contributed by atoms with E-state index in [4.69, 9.17) is 11.5 Å². The molecule has 0 saturated carbocycles. The molecule has 1 aliphatic rings. The highest BCUT2D eigenvalue weighted by molar-refractivity contribution is 7.86. The second-order valence-electron chi connectivity index (χ2n) is 9.78. The minimum absolute atomic E-state index is 0.0119. The van der Waals surface area contributed by atoms with E-state index in [1.54, 1.807) is 36.4 Å². The molecular formula is C32H22N4O8S2-2. The van der Waals surface area contributed by atoms with Gasteiger partial charge in [0, 0.05) is 21.9 Å². The Hall–Kier alpha value is -5.54. The minimum atomic E-state index is -4.65. The number of carbonyl (C=O) groups excluding carboxylic acids is 2. The zero-order valence-electron chi connectivity index (χ0n) is 23.5. The van der Waals surface area contributed by atoms with E-state index in [1.807, 2.05) is 36.4 Å². The molecule has 0 saturated heterocycles. The van der Waals surface area contributed by atoms with Crippen LogP contribution < -0.4 is 11.5 Å². The van der Waals surface area contributed by atoms with E-state index >= 15 is 0 Å². The lowest BCUT2D eigenvalue weighted by Gasteiger charge is -2.15. The molecule has 4 N–H and O–H groups in total. The van der Waals surface area contributed by atoms with E-state index in [1.165, 1.54) is 24.3 Å². The molecule has 46 heavy (non-hydrogen) atoms. The number of anilines is 2. The highest BCUT2D eigenvalue weighted by Crippen LogP contribution is 2.29. The molecule has 7 rings (SSSR count). The monoisotopic (exact) mass is 654 g/mol. The predicted molar refractivity (Wildman–Crippen MR) is 171 cm³/mol. The zero-order chi connectivity index (χ0) is 33.2. The van der Waals surface area contributed by atoms with Gasteiger partial charge in [0.2, 0.25) is 11.6 Å². The molecule has 5 aromatic carbocycles. The Labute approximate surface area is 262 Å². The summed E-state index contributed by atoms with van der Waals surface area (Å²) in [5, 5.41) is 0.974. The van der Waals surface area contributed by atoms with Crippen LogP contribution in [0.4, 0.5) is 11.4 Å². The average Bonchev–Trinajstić information content (AvgIpc) is 3.02. The number of Topliss-reactive ketones (excluding diaryl/α,β-unsaturated/α-hetero) is 1. The first-order chi connectivity index (χ1) is 21.8. The van der Waals surface area contributed by atoms with Gasteiger partial charge in [-0.3, -0.25) is 9.59 Å². The second-order valence-corrected chi connectivity index (χ2v) is 12.5. The van der Waals surface area contributed by atoms with Gasteiger partial charge in [-0.05, 0) is 54.6 Å². The van der Waals surface area contributed by atoms with E-state index in [0.29, 0.717) is 33.2 Å². The van der Waals surface area contributed by atoms with Crippen LogP contribution in [-0.4, -0.2) is 47.5 Å². The van der Waals surface area contributed by atoms with Crippen LogP contribution in [0.3, 0.4) is 0 Å². The molecule has 1 aromatic heterocycles. The Kier molecular flexibility index (Phi) is 8.63. The number of para-hydroxylation sites is 4. The first-order valence-corrected chi connectivity index (χ1v) is 16.1. The number of fused-ring (bicyclic) bond motifs is 5. The molecule has 0 amide bonds. The van der Waals surface area contributed by atoms with Crippen LogP contribution in [0.15, 0.2) is 113 Å². The van der Waals surface area contributed by atoms with Gasteiger partial charge >= 0.3 is 0 Å². The molecular weight excluding hydrogens is 633 g/mol. The first kappa shape index (κ1) is 31.9. The quantitative estimate of drug-likeness (QED) is 0.0886. The molecule has 1 aliphatic carbocycles. The van der Waals surface area contributed by atoms with Crippen molar-refractivity contribution in [3.63, 3.8) is 0 Å². The standard InChI is InChI=1S/C16H10N2O3S.C10H6O5S.C6H8N2/c19-22(20,21)15-7-3-4-11-10(15)8-9-14-16(11)18-13-6-2-1-5-12(13)17-14;11-8-5-4-6-7(10(8)12)2-1-3-9(6)16(13,14)15;7-5-3-1-2-4-6(5)8/h1-9H,(H,19,20,21);1-5H,(H,13,14,15);1-4H,7-8H2/p-2. The number of rotatable bonds is 2. The minimum Gasteiger partial charge on any atom is -0.744 e. The molecule has 0 unspecified atom stereocenters. The number of ketones is 2. The molecule has 0 aliphatic heterocycles. The summed E-state index contributed by atoms with van der Waals surface area (Å²) < 4.78 is 66.9. The Morgan fingerprint density at radius 3 is 1.72 bits per heavy atom. The third kappa shape index (κ3) is 6.60. The van der Waals surface area contributed by atoms with Crippen LogP contribution in [0.5, 0.6) is 0 Å². The molecule has 0 spiro atoms. The molecule has 12 nitrogen and oxygen atoms in total. The number of carbonyl (C=O) groups is 2. The maximum absolute atomic E-state index is 11.4. The summed E-state index contributed by atoms with van der Waals surface area (Å²) in [6.45, 7) is 0. The van der Waals surface area contributed by atoms with Crippen molar-refractivity contribution in [1.29, 1.82) is 0 Å². The number of nitrogens with zero attached hydrogens (tertiary/aromatic N) is 2.